The number of sulfonamides is 1. The zero-order chi connectivity index (χ0) is 23.3. The summed E-state index contributed by atoms with van der Waals surface area (Å²) in [5, 5.41) is -0.290. The lowest BCUT2D eigenvalue weighted by atomic mass is 10.1. The molecule has 1 N–H and O–H groups in total. The van der Waals surface area contributed by atoms with Crippen molar-refractivity contribution in [2.24, 2.45) is 0 Å². The van der Waals surface area contributed by atoms with Gasteiger partial charge in [-0.2, -0.15) is 8.42 Å². The van der Waals surface area contributed by atoms with E-state index in [1.165, 1.54) is 6.26 Å². The van der Waals surface area contributed by atoms with Gasteiger partial charge < -0.3 is 9.15 Å². The second kappa shape index (κ2) is 9.75. The molecule has 3 aromatic carbocycles. The number of carbonyl (C=O) groups is 1. The summed E-state index contributed by atoms with van der Waals surface area (Å²) in [7, 11) is -4.13. The topological polar surface area (TPSA) is 85.6 Å². The predicted molar refractivity (Wildman–Crippen MR) is 125 cm³/mol. The largest absolute Gasteiger partial charge is 0.489 e. The van der Waals surface area contributed by atoms with Crippen LogP contribution in [0, 0.1) is 6.92 Å². The van der Waals surface area contributed by atoms with Gasteiger partial charge in [-0.15, -0.1) is 0 Å². The summed E-state index contributed by atoms with van der Waals surface area (Å²) < 4.78 is 38.5. The number of amides is 1. The molecular weight excluding hydrogens is 438 g/mol. The summed E-state index contributed by atoms with van der Waals surface area (Å²) in [5.41, 5.74) is 3.88. The molecule has 0 saturated heterocycles. The third kappa shape index (κ3) is 5.51. The standard InChI is InChI=1S/C26H23NO5S/c1-19-23(17-31-24-14-12-22(13-15-24)21-10-6-3-7-11-21)18-32-26(19)33(29,30)27-25(28)16-20-8-4-2-5-9-20/h2-15,18H,16-17H2,1H3,(H,27,28). The molecular formula is C26H23NO5S. The van der Waals surface area contributed by atoms with Crippen LogP contribution in [0.15, 0.2) is 101 Å². The number of nitrogens with one attached hydrogen (secondary N) is 1. The molecule has 1 heterocycles. The number of furan rings is 1. The summed E-state index contributed by atoms with van der Waals surface area (Å²) in [6, 6.07) is 26.6. The number of rotatable bonds is 8. The van der Waals surface area contributed by atoms with Gasteiger partial charge in [0.05, 0.1) is 12.7 Å². The predicted octanol–water partition coefficient (Wildman–Crippen LogP) is 4.88. The Hall–Kier alpha value is -3.84. The number of carbonyl (C=O) groups excluding carboxylic acids is 1. The van der Waals surface area contributed by atoms with Gasteiger partial charge >= 0.3 is 0 Å². The van der Waals surface area contributed by atoms with Crippen LogP contribution in [-0.4, -0.2) is 14.3 Å². The lowest BCUT2D eigenvalue weighted by molar-refractivity contribution is -0.118. The van der Waals surface area contributed by atoms with Crippen LogP contribution in [0.4, 0.5) is 0 Å². The highest BCUT2D eigenvalue weighted by Crippen LogP contribution is 2.25. The molecule has 168 valence electrons. The summed E-state index contributed by atoms with van der Waals surface area (Å²) in [6.45, 7) is 1.75. The summed E-state index contributed by atoms with van der Waals surface area (Å²) in [6.07, 6.45) is 1.29. The lowest BCUT2D eigenvalue weighted by Gasteiger charge is -2.08. The van der Waals surface area contributed by atoms with Crippen LogP contribution in [-0.2, 0) is 27.8 Å². The van der Waals surface area contributed by atoms with E-state index in [0.717, 1.165) is 11.1 Å². The Morgan fingerprint density at radius 3 is 2.15 bits per heavy atom. The molecule has 0 bridgehead atoms. The second-order valence-corrected chi connectivity index (χ2v) is 9.13. The van der Waals surface area contributed by atoms with Crippen LogP contribution in [0.25, 0.3) is 11.1 Å². The van der Waals surface area contributed by atoms with Gasteiger partial charge in [0.15, 0.2) is 0 Å². The van der Waals surface area contributed by atoms with Gasteiger partial charge in [0.1, 0.15) is 12.4 Å². The number of hydrogen-bond acceptors (Lipinski definition) is 5. The fraction of sp³-hybridized carbons (Fsp3) is 0.115. The maximum absolute atomic E-state index is 12.6. The highest BCUT2D eigenvalue weighted by atomic mass is 32.2. The van der Waals surface area contributed by atoms with Crippen LogP contribution in [0.2, 0.25) is 0 Å². The summed E-state index contributed by atoms with van der Waals surface area (Å²) >= 11 is 0. The normalized spacial score (nSPS) is 11.2. The first-order chi connectivity index (χ1) is 15.9. The molecule has 0 atom stereocenters. The number of benzene rings is 3. The monoisotopic (exact) mass is 461 g/mol. The highest BCUT2D eigenvalue weighted by Gasteiger charge is 2.25. The number of hydrogen-bond donors (Lipinski definition) is 1. The average Bonchev–Trinajstić information content (AvgIpc) is 3.20. The van der Waals surface area contributed by atoms with E-state index in [0.29, 0.717) is 22.4 Å². The van der Waals surface area contributed by atoms with Crippen LogP contribution >= 0.6 is 0 Å². The van der Waals surface area contributed by atoms with E-state index >= 15 is 0 Å². The third-order valence-electron chi connectivity index (χ3n) is 5.15. The van der Waals surface area contributed by atoms with E-state index in [1.807, 2.05) is 60.7 Å². The molecule has 0 spiro atoms. The zero-order valence-electron chi connectivity index (χ0n) is 18.0. The van der Waals surface area contributed by atoms with Crippen molar-refractivity contribution in [1.82, 2.24) is 4.72 Å². The van der Waals surface area contributed by atoms with E-state index in [2.05, 4.69) is 4.72 Å². The lowest BCUT2D eigenvalue weighted by Crippen LogP contribution is -2.32. The van der Waals surface area contributed by atoms with Crippen molar-refractivity contribution in [3.05, 3.63) is 108 Å². The Balaban J connectivity index is 1.39. The average molecular weight is 462 g/mol. The molecule has 1 aromatic heterocycles. The van der Waals surface area contributed by atoms with E-state index in [9.17, 15) is 13.2 Å². The summed E-state index contributed by atoms with van der Waals surface area (Å²) in [4.78, 5) is 12.2. The molecule has 0 aliphatic carbocycles. The maximum Gasteiger partial charge on any atom is 0.297 e. The van der Waals surface area contributed by atoms with Gasteiger partial charge in [0.25, 0.3) is 10.0 Å². The first kappa shape index (κ1) is 22.4. The molecule has 0 fully saturated rings. The van der Waals surface area contributed by atoms with E-state index in [1.54, 1.807) is 31.2 Å². The molecule has 0 radical (unpaired) electrons. The van der Waals surface area contributed by atoms with E-state index in [-0.39, 0.29) is 18.1 Å². The molecule has 7 heteroatoms. The van der Waals surface area contributed by atoms with Crippen molar-refractivity contribution in [2.75, 3.05) is 0 Å². The van der Waals surface area contributed by atoms with Gasteiger partial charge in [-0.25, -0.2) is 4.72 Å². The van der Waals surface area contributed by atoms with Crippen molar-refractivity contribution in [3.8, 4) is 16.9 Å². The quantitative estimate of drug-likeness (QED) is 0.404. The van der Waals surface area contributed by atoms with E-state index < -0.39 is 15.9 Å². The third-order valence-corrected chi connectivity index (χ3v) is 6.54. The smallest absolute Gasteiger partial charge is 0.297 e. The van der Waals surface area contributed by atoms with Gasteiger partial charge in [-0.3, -0.25) is 4.79 Å². The second-order valence-electron chi connectivity index (χ2n) is 7.54. The van der Waals surface area contributed by atoms with Crippen molar-refractivity contribution in [2.45, 2.75) is 25.0 Å². The molecule has 1 amide bonds. The Bertz CT molecular complexity index is 1330. The Kier molecular flexibility index (Phi) is 6.60. The van der Waals surface area contributed by atoms with Crippen molar-refractivity contribution >= 4 is 15.9 Å². The van der Waals surface area contributed by atoms with Crippen molar-refractivity contribution in [1.29, 1.82) is 0 Å². The molecule has 0 saturated carbocycles. The van der Waals surface area contributed by atoms with Crippen LogP contribution in [0.3, 0.4) is 0 Å². The molecule has 4 rings (SSSR count). The van der Waals surface area contributed by atoms with Crippen molar-refractivity contribution in [3.63, 3.8) is 0 Å². The van der Waals surface area contributed by atoms with Crippen molar-refractivity contribution < 1.29 is 22.4 Å². The SMILES string of the molecule is Cc1c(COc2ccc(-c3ccccc3)cc2)coc1S(=O)(=O)NC(=O)Cc1ccccc1. The molecule has 33 heavy (non-hydrogen) atoms. The van der Waals surface area contributed by atoms with Gasteiger partial charge in [-0.05, 0) is 35.7 Å². The number of ether oxygens (including phenoxy) is 1. The molecule has 0 unspecified atom stereocenters. The Labute approximate surface area is 192 Å². The highest BCUT2D eigenvalue weighted by molar-refractivity contribution is 7.90. The molecule has 4 aromatic rings. The first-order valence-electron chi connectivity index (χ1n) is 10.4. The summed E-state index contributed by atoms with van der Waals surface area (Å²) in [5.74, 6) is 0.0177. The van der Waals surface area contributed by atoms with Crippen LogP contribution < -0.4 is 9.46 Å². The van der Waals surface area contributed by atoms with Gasteiger partial charge in [-0.1, -0.05) is 72.8 Å². The molecule has 0 aliphatic heterocycles. The molecule has 6 nitrogen and oxygen atoms in total. The maximum atomic E-state index is 12.6. The van der Waals surface area contributed by atoms with E-state index in [4.69, 9.17) is 9.15 Å². The van der Waals surface area contributed by atoms with Crippen LogP contribution in [0.1, 0.15) is 16.7 Å². The minimum atomic E-state index is -4.13. The van der Waals surface area contributed by atoms with Crippen LogP contribution in [0.5, 0.6) is 5.75 Å². The molecule has 0 aliphatic rings. The Morgan fingerprint density at radius 1 is 0.879 bits per heavy atom. The minimum absolute atomic E-state index is 0.0469. The Morgan fingerprint density at radius 2 is 1.48 bits per heavy atom. The minimum Gasteiger partial charge on any atom is -0.489 e. The van der Waals surface area contributed by atoms with Gasteiger partial charge in [0, 0.05) is 11.1 Å². The first-order valence-corrected chi connectivity index (χ1v) is 11.9. The fourth-order valence-electron chi connectivity index (χ4n) is 3.39. The zero-order valence-corrected chi connectivity index (χ0v) is 18.8. The fourth-order valence-corrected chi connectivity index (χ4v) is 4.56. The van der Waals surface area contributed by atoms with Gasteiger partial charge in [0.2, 0.25) is 11.0 Å².